The van der Waals surface area contributed by atoms with Gasteiger partial charge in [0.25, 0.3) is 0 Å². The molecule has 0 bridgehead atoms. The Kier molecular flexibility index (Phi) is 2.64. The third-order valence-corrected chi connectivity index (χ3v) is 3.23. The molecule has 2 aliphatic rings. The van der Waals surface area contributed by atoms with Crippen molar-refractivity contribution < 1.29 is 23.9 Å². The number of hydrogen-bond acceptors (Lipinski definition) is 5. The van der Waals surface area contributed by atoms with Crippen LogP contribution in [-0.2, 0) is 19.1 Å². The van der Waals surface area contributed by atoms with Gasteiger partial charge in [-0.05, 0) is 33.6 Å². The van der Waals surface area contributed by atoms with E-state index in [1.165, 1.54) is 7.11 Å². The van der Waals surface area contributed by atoms with Crippen LogP contribution >= 0.6 is 0 Å². The first-order valence-corrected chi connectivity index (χ1v) is 5.87. The number of amides is 2. The molecule has 0 aromatic rings. The number of carbonyl (C=O) groups is 3. The van der Waals surface area contributed by atoms with Gasteiger partial charge in [-0.25, -0.2) is 14.5 Å². The molecule has 0 aromatic heterocycles. The van der Waals surface area contributed by atoms with Crippen molar-refractivity contribution in [2.75, 3.05) is 7.11 Å². The maximum absolute atomic E-state index is 11.9. The smallest absolute Gasteiger partial charge is 0.417 e. The molecule has 1 aliphatic carbocycles. The van der Waals surface area contributed by atoms with E-state index in [2.05, 4.69) is 4.74 Å². The van der Waals surface area contributed by atoms with Gasteiger partial charge in [-0.15, -0.1) is 0 Å². The number of carbonyl (C=O) groups excluding carboxylic acids is 3. The van der Waals surface area contributed by atoms with Gasteiger partial charge in [0.1, 0.15) is 5.60 Å². The first kappa shape index (κ1) is 12.9. The molecular weight excluding hydrogens is 238 g/mol. The normalized spacial score (nSPS) is 24.6. The molecule has 0 aromatic carbocycles. The Hall–Kier alpha value is -1.59. The number of nitrogens with zero attached hydrogens (tertiary/aromatic N) is 1. The lowest BCUT2D eigenvalue weighted by molar-refractivity contribution is -0.173. The standard InChI is InChI=1S/C12H17NO5/c1-11(2,3)18-10(16)13-7(8(14)17-4)12(5-6-12)9(13)15/h7H,5-6H2,1-4H3. The summed E-state index contributed by atoms with van der Waals surface area (Å²) < 4.78 is 9.76. The monoisotopic (exact) mass is 255 g/mol. The van der Waals surface area contributed by atoms with Crippen LogP contribution in [0.1, 0.15) is 33.6 Å². The van der Waals surface area contributed by atoms with Crippen molar-refractivity contribution in [3.63, 3.8) is 0 Å². The van der Waals surface area contributed by atoms with Crippen LogP contribution in [0.3, 0.4) is 0 Å². The summed E-state index contributed by atoms with van der Waals surface area (Å²) in [6.45, 7) is 5.11. The Morgan fingerprint density at radius 1 is 1.33 bits per heavy atom. The molecule has 1 atom stereocenters. The predicted octanol–water partition coefficient (Wildman–Crippen LogP) is 1.09. The molecule has 18 heavy (non-hydrogen) atoms. The van der Waals surface area contributed by atoms with Gasteiger partial charge >= 0.3 is 12.1 Å². The topological polar surface area (TPSA) is 72.9 Å². The fourth-order valence-corrected chi connectivity index (χ4v) is 2.22. The molecule has 2 fully saturated rings. The highest BCUT2D eigenvalue weighted by atomic mass is 16.6. The Bertz CT molecular complexity index is 419. The summed E-state index contributed by atoms with van der Waals surface area (Å²) in [4.78, 5) is 36.3. The molecule has 1 unspecified atom stereocenters. The second kappa shape index (κ2) is 3.70. The molecule has 1 aliphatic heterocycles. The fraction of sp³-hybridized carbons (Fsp3) is 0.750. The average Bonchev–Trinajstić information content (AvgIpc) is 3.03. The van der Waals surface area contributed by atoms with Crippen molar-refractivity contribution in [2.45, 2.75) is 45.3 Å². The minimum Gasteiger partial charge on any atom is -0.467 e. The number of methoxy groups -OCH3 is 1. The van der Waals surface area contributed by atoms with Gasteiger partial charge in [0.05, 0.1) is 12.5 Å². The van der Waals surface area contributed by atoms with Crippen LogP contribution in [0.15, 0.2) is 0 Å². The largest absolute Gasteiger partial charge is 0.467 e. The van der Waals surface area contributed by atoms with E-state index < -0.39 is 29.1 Å². The summed E-state index contributed by atoms with van der Waals surface area (Å²) in [7, 11) is 1.24. The van der Waals surface area contributed by atoms with Crippen LogP contribution in [0.2, 0.25) is 0 Å². The molecule has 1 saturated carbocycles. The van der Waals surface area contributed by atoms with E-state index in [1.54, 1.807) is 20.8 Å². The first-order chi connectivity index (χ1) is 8.23. The van der Waals surface area contributed by atoms with Crippen LogP contribution in [-0.4, -0.2) is 41.6 Å². The number of esters is 1. The lowest BCUT2D eigenvalue weighted by atomic mass is 9.84. The van der Waals surface area contributed by atoms with E-state index in [0.717, 1.165) is 4.90 Å². The van der Waals surface area contributed by atoms with Gasteiger partial charge in [-0.1, -0.05) is 0 Å². The number of likely N-dealkylation sites (tertiary alicyclic amines) is 1. The molecule has 6 nitrogen and oxygen atoms in total. The predicted molar refractivity (Wildman–Crippen MR) is 60.6 cm³/mol. The minimum absolute atomic E-state index is 0.327. The third kappa shape index (κ3) is 1.76. The minimum atomic E-state index is -0.815. The van der Waals surface area contributed by atoms with E-state index in [1.807, 2.05) is 0 Å². The highest BCUT2D eigenvalue weighted by Crippen LogP contribution is 2.59. The van der Waals surface area contributed by atoms with Gasteiger partial charge in [0.15, 0.2) is 6.04 Å². The summed E-state index contributed by atoms with van der Waals surface area (Å²) in [5.41, 5.74) is -1.39. The van der Waals surface area contributed by atoms with Crippen LogP contribution in [0.4, 0.5) is 4.79 Å². The highest BCUT2D eigenvalue weighted by molar-refractivity contribution is 6.10. The SMILES string of the molecule is COC(=O)C1N(C(=O)OC(C)(C)C)C(=O)C12CC2. The zero-order chi connectivity index (χ0) is 13.7. The van der Waals surface area contributed by atoms with Crippen molar-refractivity contribution in [3.8, 4) is 0 Å². The Morgan fingerprint density at radius 3 is 2.28 bits per heavy atom. The van der Waals surface area contributed by atoms with Crippen molar-refractivity contribution in [2.24, 2.45) is 5.41 Å². The first-order valence-electron chi connectivity index (χ1n) is 5.87. The Labute approximate surface area is 105 Å². The second-order valence-corrected chi connectivity index (χ2v) is 5.74. The summed E-state index contributed by atoms with van der Waals surface area (Å²) in [5.74, 6) is -0.884. The quantitative estimate of drug-likeness (QED) is 0.518. The number of hydrogen-bond donors (Lipinski definition) is 0. The molecule has 0 N–H and O–H groups in total. The van der Waals surface area contributed by atoms with E-state index in [0.29, 0.717) is 12.8 Å². The number of β-lactam (4-membered cyclic amide) rings is 1. The van der Waals surface area contributed by atoms with Crippen LogP contribution in [0.5, 0.6) is 0 Å². The summed E-state index contributed by atoms with van der Waals surface area (Å²) in [6, 6.07) is -0.815. The zero-order valence-electron chi connectivity index (χ0n) is 11.0. The molecule has 100 valence electrons. The number of imide groups is 1. The van der Waals surface area contributed by atoms with Crippen molar-refractivity contribution >= 4 is 18.0 Å². The van der Waals surface area contributed by atoms with Gasteiger partial charge in [-0.3, -0.25) is 4.79 Å². The molecule has 1 spiro atoms. The molecule has 2 amide bonds. The maximum Gasteiger partial charge on any atom is 0.417 e. The van der Waals surface area contributed by atoms with Gasteiger partial charge in [0, 0.05) is 0 Å². The molecule has 0 radical (unpaired) electrons. The lowest BCUT2D eigenvalue weighted by Gasteiger charge is -2.44. The van der Waals surface area contributed by atoms with Crippen molar-refractivity contribution in [1.29, 1.82) is 0 Å². The Balaban J connectivity index is 2.15. The summed E-state index contributed by atoms with van der Waals surface area (Å²) in [5, 5.41) is 0. The maximum atomic E-state index is 11.9. The van der Waals surface area contributed by atoms with E-state index in [4.69, 9.17) is 4.74 Å². The molecular formula is C12H17NO5. The lowest BCUT2D eigenvalue weighted by Crippen LogP contribution is -2.68. The fourth-order valence-electron chi connectivity index (χ4n) is 2.22. The van der Waals surface area contributed by atoms with Crippen molar-refractivity contribution in [1.82, 2.24) is 4.90 Å². The van der Waals surface area contributed by atoms with Crippen molar-refractivity contribution in [3.05, 3.63) is 0 Å². The molecule has 1 heterocycles. The van der Waals surface area contributed by atoms with Gasteiger partial charge in [0.2, 0.25) is 5.91 Å². The van der Waals surface area contributed by atoms with E-state index in [-0.39, 0.29) is 5.91 Å². The average molecular weight is 255 g/mol. The van der Waals surface area contributed by atoms with E-state index in [9.17, 15) is 14.4 Å². The number of rotatable bonds is 1. The molecule has 2 rings (SSSR count). The van der Waals surface area contributed by atoms with Crippen LogP contribution in [0.25, 0.3) is 0 Å². The molecule has 1 saturated heterocycles. The summed E-state index contributed by atoms with van der Waals surface area (Å²) >= 11 is 0. The third-order valence-electron chi connectivity index (χ3n) is 3.23. The highest BCUT2D eigenvalue weighted by Gasteiger charge is 2.73. The van der Waals surface area contributed by atoms with Crippen LogP contribution in [0, 0.1) is 5.41 Å². The van der Waals surface area contributed by atoms with E-state index >= 15 is 0 Å². The van der Waals surface area contributed by atoms with Crippen LogP contribution < -0.4 is 0 Å². The Morgan fingerprint density at radius 2 is 1.89 bits per heavy atom. The number of ether oxygens (including phenoxy) is 2. The van der Waals surface area contributed by atoms with Gasteiger partial charge in [-0.2, -0.15) is 0 Å². The molecule has 6 heteroatoms. The summed E-state index contributed by atoms with van der Waals surface area (Å²) in [6.07, 6.45) is 0.482. The van der Waals surface area contributed by atoms with Gasteiger partial charge < -0.3 is 9.47 Å². The second-order valence-electron chi connectivity index (χ2n) is 5.74. The zero-order valence-corrected chi connectivity index (χ0v) is 11.0.